The number of nitrogens with zero attached hydrogens (tertiary/aromatic N) is 2. The monoisotopic (exact) mass is 386 g/mol. The Bertz CT molecular complexity index is 824. The van der Waals surface area contributed by atoms with Crippen LogP contribution in [-0.2, 0) is 6.54 Å². The largest absolute Gasteiger partial charge is 0.493 e. The molecule has 2 aromatic rings. The molecule has 0 saturated heterocycles. The summed E-state index contributed by atoms with van der Waals surface area (Å²) in [5, 5.41) is 5.60. The van der Waals surface area contributed by atoms with Gasteiger partial charge >= 0.3 is 0 Å². The van der Waals surface area contributed by atoms with E-state index in [4.69, 9.17) is 9.47 Å². The molecule has 150 valence electrons. The zero-order chi connectivity index (χ0) is 20.5. The summed E-state index contributed by atoms with van der Waals surface area (Å²) in [6, 6.07) is 8.47. The normalized spacial score (nSPS) is 10.5. The molecule has 0 unspecified atom stereocenters. The molecule has 0 spiro atoms. The number of rotatable bonds is 9. The molecule has 0 aliphatic carbocycles. The number of nitrogens with one attached hydrogen (secondary N) is 2. The third kappa shape index (κ3) is 5.95. The van der Waals surface area contributed by atoms with Crippen molar-refractivity contribution in [1.82, 2.24) is 20.5 Å². The van der Waals surface area contributed by atoms with Crippen molar-refractivity contribution in [2.75, 3.05) is 41.4 Å². The Kier molecular flexibility index (Phi) is 7.76. The van der Waals surface area contributed by atoms with Crippen molar-refractivity contribution in [1.29, 1.82) is 0 Å². The summed E-state index contributed by atoms with van der Waals surface area (Å²) in [5.41, 5.74) is 1.43. The SMILES string of the molecule is COc1ccc(CNC(=O)c2cc(C(=O)NCCN(C)C)ccn2)cc1OC. The number of methoxy groups -OCH3 is 2. The van der Waals surface area contributed by atoms with Crippen LogP contribution in [0.25, 0.3) is 0 Å². The number of likely N-dealkylation sites (N-methyl/N-ethyl adjacent to an activating group) is 1. The van der Waals surface area contributed by atoms with Crippen molar-refractivity contribution in [3.63, 3.8) is 0 Å². The predicted molar refractivity (Wildman–Crippen MR) is 106 cm³/mol. The second-order valence-electron chi connectivity index (χ2n) is 6.36. The minimum atomic E-state index is -0.363. The van der Waals surface area contributed by atoms with Gasteiger partial charge in [-0.05, 0) is 43.9 Å². The lowest BCUT2D eigenvalue weighted by molar-refractivity contribution is 0.0946. The minimum Gasteiger partial charge on any atom is -0.493 e. The molecule has 0 fully saturated rings. The first-order valence-corrected chi connectivity index (χ1v) is 8.82. The van der Waals surface area contributed by atoms with E-state index in [1.165, 1.54) is 12.3 Å². The van der Waals surface area contributed by atoms with Crippen molar-refractivity contribution in [2.45, 2.75) is 6.54 Å². The Morgan fingerprint density at radius 3 is 2.43 bits per heavy atom. The van der Waals surface area contributed by atoms with E-state index in [1.807, 2.05) is 25.1 Å². The number of carbonyl (C=O) groups is 2. The van der Waals surface area contributed by atoms with E-state index in [2.05, 4.69) is 15.6 Å². The second-order valence-corrected chi connectivity index (χ2v) is 6.36. The molecule has 28 heavy (non-hydrogen) atoms. The molecule has 8 heteroatoms. The molecule has 2 N–H and O–H groups in total. The van der Waals surface area contributed by atoms with Gasteiger partial charge in [-0.2, -0.15) is 0 Å². The predicted octanol–water partition coefficient (Wildman–Crippen LogP) is 1.32. The van der Waals surface area contributed by atoms with Gasteiger partial charge < -0.3 is 25.0 Å². The molecule has 2 amide bonds. The van der Waals surface area contributed by atoms with E-state index < -0.39 is 0 Å². The number of carbonyl (C=O) groups excluding carboxylic acids is 2. The zero-order valence-corrected chi connectivity index (χ0v) is 16.6. The molecular weight excluding hydrogens is 360 g/mol. The Morgan fingerprint density at radius 1 is 1.00 bits per heavy atom. The van der Waals surface area contributed by atoms with Crippen molar-refractivity contribution in [3.8, 4) is 11.5 Å². The van der Waals surface area contributed by atoms with Gasteiger partial charge in [-0.15, -0.1) is 0 Å². The Morgan fingerprint density at radius 2 is 1.75 bits per heavy atom. The molecule has 0 atom stereocenters. The van der Waals surface area contributed by atoms with Gasteiger partial charge in [0, 0.05) is 31.4 Å². The molecule has 0 aliphatic rings. The van der Waals surface area contributed by atoms with Gasteiger partial charge in [0.15, 0.2) is 11.5 Å². The fourth-order valence-corrected chi connectivity index (χ4v) is 2.45. The first kappa shape index (κ1) is 21.2. The third-order valence-corrected chi connectivity index (χ3v) is 4.00. The van der Waals surface area contributed by atoms with Crippen LogP contribution in [0.1, 0.15) is 26.4 Å². The van der Waals surface area contributed by atoms with E-state index in [1.54, 1.807) is 32.4 Å². The average molecular weight is 386 g/mol. The van der Waals surface area contributed by atoms with Crippen LogP contribution in [0, 0.1) is 0 Å². The van der Waals surface area contributed by atoms with Gasteiger partial charge in [-0.25, -0.2) is 0 Å². The van der Waals surface area contributed by atoms with Gasteiger partial charge in [0.25, 0.3) is 11.8 Å². The summed E-state index contributed by atoms with van der Waals surface area (Å²) in [6.07, 6.45) is 1.45. The van der Waals surface area contributed by atoms with Crippen LogP contribution < -0.4 is 20.1 Å². The van der Waals surface area contributed by atoms with Gasteiger partial charge in [0.05, 0.1) is 14.2 Å². The Balaban J connectivity index is 1.98. The van der Waals surface area contributed by atoms with Crippen LogP contribution in [0.2, 0.25) is 0 Å². The van der Waals surface area contributed by atoms with E-state index in [9.17, 15) is 9.59 Å². The van der Waals surface area contributed by atoms with Crippen molar-refractivity contribution in [2.24, 2.45) is 0 Å². The topological polar surface area (TPSA) is 92.8 Å². The number of hydrogen-bond donors (Lipinski definition) is 2. The number of pyridine rings is 1. The highest BCUT2D eigenvalue weighted by Gasteiger charge is 2.12. The van der Waals surface area contributed by atoms with E-state index in [-0.39, 0.29) is 17.5 Å². The van der Waals surface area contributed by atoms with E-state index in [0.29, 0.717) is 30.2 Å². The van der Waals surface area contributed by atoms with Gasteiger partial charge in [-0.1, -0.05) is 6.07 Å². The summed E-state index contributed by atoms with van der Waals surface area (Å²) < 4.78 is 10.5. The summed E-state index contributed by atoms with van der Waals surface area (Å²) in [5.74, 6) is 0.604. The number of amides is 2. The second kappa shape index (κ2) is 10.3. The van der Waals surface area contributed by atoms with Crippen LogP contribution in [0.3, 0.4) is 0 Å². The summed E-state index contributed by atoms with van der Waals surface area (Å²) in [6.45, 7) is 1.55. The first-order valence-electron chi connectivity index (χ1n) is 8.82. The van der Waals surface area contributed by atoms with Gasteiger partial charge in [-0.3, -0.25) is 14.6 Å². The minimum absolute atomic E-state index is 0.181. The highest BCUT2D eigenvalue weighted by Crippen LogP contribution is 2.27. The number of ether oxygens (including phenoxy) is 2. The van der Waals surface area contributed by atoms with Crippen LogP contribution in [0.5, 0.6) is 11.5 Å². The Hall–Kier alpha value is -3.13. The fraction of sp³-hybridized carbons (Fsp3) is 0.350. The van der Waals surface area contributed by atoms with Crippen LogP contribution >= 0.6 is 0 Å². The standard InChI is InChI=1S/C20H26N4O4/c1-24(2)10-9-22-19(25)15-7-8-21-16(12-15)20(26)23-13-14-5-6-17(27-3)18(11-14)28-4/h5-8,11-12H,9-10,13H2,1-4H3,(H,22,25)(H,23,26). The van der Waals surface area contributed by atoms with Crippen LogP contribution in [-0.4, -0.2) is 63.1 Å². The molecule has 0 saturated carbocycles. The van der Waals surface area contributed by atoms with Crippen molar-refractivity contribution >= 4 is 11.8 Å². The quantitative estimate of drug-likeness (QED) is 0.675. The highest BCUT2D eigenvalue weighted by atomic mass is 16.5. The number of hydrogen-bond acceptors (Lipinski definition) is 6. The van der Waals surface area contributed by atoms with Crippen molar-refractivity contribution in [3.05, 3.63) is 53.3 Å². The molecule has 0 radical (unpaired) electrons. The molecule has 0 bridgehead atoms. The molecule has 8 nitrogen and oxygen atoms in total. The van der Waals surface area contributed by atoms with Gasteiger partial charge in [0.2, 0.25) is 0 Å². The molecule has 2 rings (SSSR count). The molecule has 1 aromatic carbocycles. The summed E-state index contributed by atoms with van der Waals surface area (Å²) in [4.78, 5) is 30.6. The maximum absolute atomic E-state index is 12.4. The van der Waals surface area contributed by atoms with Gasteiger partial charge in [0.1, 0.15) is 5.69 Å². The third-order valence-electron chi connectivity index (χ3n) is 4.00. The molecular formula is C20H26N4O4. The Labute approximate surface area is 164 Å². The van der Waals surface area contributed by atoms with Crippen molar-refractivity contribution < 1.29 is 19.1 Å². The lowest BCUT2D eigenvalue weighted by atomic mass is 10.2. The maximum Gasteiger partial charge on any atom is 0.270 e. The van der Waals surface area contributed by atoms with Crippen LogP contribution in [0.15, 0.2) is 36.5 Å². The summed E-state index contributed by atoms with van der Waals surface area (Å²) in [7, 11) is 6.98. The maximum atomic E-state index is 12.4. The smallest absolute Gasteiger partial charge is 0.270 e. The van der Waals surface area contributed by atoms with E-state index in [0.717, 1.165) is 12.1 Å². The van der Waals surface area contributed by atoms with Crippen LogP contribution in [0.4, 0.5) is 0 Å². The fourth-order valence-electron chi connectivity index (χ4n) is 2.45. The van der Waals surface area contributed by atoms with E-state index >= 15 is 0 Å². The average Bonchev–Trinajstić information content (AvgIpc) is 2.71. The lowest BCUT2D eigenvalue weighted by Crippen LogP contribution is -2.31. The summed E-state index contributed by atoms with van der Waals surface area (Å²) >= 11 is 0. The lowest BCUT2D eigenvalue weighted by Gasteiger charge is -2.11. The zero-order valence-electron chi connectivity index (χ0n) is 16.6. The highest BCUT2D eigenvalue weighted by molar-refractivity contribution is 5.98. The number of benzene rings is 1. The molecule has 1 aromatic heterocycles. The number of aromatic nitrogens is 1. The molecule has 0 aliphatic heterocycles. The molecule has 1 heterocycles. The first-order chi connectivity index (χ1) is 13.4.